The smallest absolute Gasteiger partial charge is 0.325 e. The maximum absolute atomic E-state index is 12.2. The van der Waals surface area contributed by atoms with E-state index in [1.807, 2.05) is 31.0 Å². The van der Waals surface area contributed by atoms with Crippen LogP contribution in [0.5, 0.6) is 0 Å². The summed E-state index contributed by atoms with van der Waals surface area (Å²) < 4.78 is 0. The van der Waals surface area contributed by atoms with E-state index < -0.39 is 6.04 Å². The summed E-state index contributed by atoms with van der Waals surface area (Å²) in [5, 5.41) is 5.29. The summed E-state index contributed by atoms with van der Waals surface area (Å²) in [5.74, 6) is -0.292. The molecule has 1 aromatic carbocycles. The van der Waals surface area contributed by atoms with Gasteiger partial charge in [-0.2, -0.15) is 0 Å². The third-order valence-electron chi connectivity index (χ3n) is 3.96. The molecular weight excluding hydrogens is 308 g/mol. The lowest BCUT2D eigenvalue weighted by Crippen LogP contribution is -2.40. The van der Waals surface area contributed by atoms with E-state index in [0.717, 1.165) is 12.0 Å². The number of imide groups is 1. The molecule has 7 nitrogen and oxygen atoms in total. The molecule has 0 spiro atoms. The zero-order valence-electron chi connectivity index (χ0n) is 14.3. The SMILES string of the molecule is CCC[C@H]1NC(=O)N(CN(C)Cc2ccc(C(=O)NC)cc2)C1=O. The van der Waals surface area contributed by atoms with Crippen molar-refractivity contribution in [3.8, 4) is 0 Å². The van der Waals surface area contributed by atoms with Crippen LogP contribution in [-0.4, -0.2) is 54.5 Å². The predicted molar refractivity (Wildman–Crippen MR) is 90.2 cm³/mol. The van der Waals surface area contributed by atoms with Crippen LogP contribution in [0.25, 0.3) is 0 Å². The summed E-state index contributed by atoms with van der Waals surface area (Å²) >= 11 is 0. The number of carbonyl (C=O) groups is 3. The number of hydrogen-bond donors (Lipinski definition) is 2. The van der Waals surface area contributed by atoms with E-state index in [1.165, 1.54) is 4.90 Å². The monoisotopic (exact) mass is 332 g/mol. The van der Waals surface area contributed by atoms with Crippen molar-refractivity contribution in [3.05, 3.63) is 35.4 Å². The molecule has 4 amide bonds. The first-order chi connectivity index (χ1) is 11.5. The van der Waals surface area contributed by atoms with Gasteiger partial charge in [-0.05, 0) is 31.2 Å². The molecular formula is C17H24N4O3. The van der Waals surface area contributed by atoms with Crippen LogP contribution in [0, 0.1) is 0 Å². The Bertz CT molecular complexity index is 615. The van der Waals surface area contributed by atoms with Gasteiger partial charge in [-0.3, -0.25) is 14.5 Å². The number of nitrogens with zero attached hydrogens (tertiary/aromatic N) is 2. The molecule has 24 heavy (non-hydrogen) atoms. The Hall–Kier alpha value is -2.41. The topological polar surface area (TPSA) is 81.8 Å². The summed E-state index contributed by atoms with van der Waals surface area (Å²) in [4.78, 5) is 38.8. The van der Waals surface area contributed by atoms with Gasteiger partial charge in [-0.15, -0.1) is 0 Å². The van der Waals surface area contributed by atoms with E-state index in [9.17, 15) is 14.4 Å². The summed E-state index contributed by atoms with van der Waals surface area (Å²) in [6.07, 6.45) is 1.50. The Morgan fingerprint density at radius 1 is 1.29 bits per heavy atom. The molecule has 1 aliphatic heterocycles. The van der Waals surface area contributed by atoms with Gasteiger partial charge in [-0.25, -0.2) is 9.69 Å². The lowest BCUT2D eigenvalue weighted by atomic mass is 10.1. The number of benzene rings is 1. The molecule has 0 saturated carbocycles. The first kappa shape index (κ1) is 17.9. The van der Waals surface area contributed by atoms with Crippen LogP contribution >= 0.6 is 0 Å². The second kappa shape index (κ2) is 7.92. The number of urea groups is 1. The van der Waals surface area contributed by atoms with Crippen LogP contribution in [0.4, 0.5) is 4.79 Å². The quantitative estimate of drug-likeness (QED) is 0.734. The highest BCUT2D eigenvalue weighted by Gasteiger charge is 2.37. The first-order valence-electron chi connectivity index (χ1n) is 8.07. The minimum Gasteiger partial charge on any atom is -0.355 e. The lowest BCUT2D eigenvalue weighted by molar-refractivity contribution is -0.129. The van der Waals surface area contributed by atoms with Crippen molar-refractivity contribution < 1.29 is 14.4 Å². The summed E-state index contributed by atoms with van der Waals surface area (Å²) in [6.45, 7) is 2.79. The maximum Gasteiger partial charge on any atom is 0.325 e. The van der Waals surface area contributed by atoms with Crippen LogP contribution in [0.2, 0.25) is 0 Å². The molecule has 130 valence electrons. The fraction of sp³-hybridized carbons (Fsp3) is 0.471. The third kappa shape index (κ3) is 4.11. The van der Waals surface area contributed by atoms with Gasteiger partial charge in [0, 0.05) is 19.2 Å². The van der Waals surface area contributed by atoms with Gasteiger partial charge >= 0.3 is 6.03 Å². The molecule has 0 aromatic heterocycles. The van der Waals surface area contributed by atoms with Gasteiger partial charge < -0.3 is 10.6 Å². The predicted octanol–water partition coefficient (Wildman–Crippen LogP) is 1.16. The number of rotatable bonds is 7. The molecule has 2 N–H and O–H groups in total. The number of hydrogen-bond acceptors (Lipinski definition) is 4. The molecule has 1 heterocycles. The second-order valence-electron chi connectivity index (χ2n) is 5.99. The van der Waals surface area contributed by atoms with E-state index in [1.54, 1.807) is 19.2 Å². The summed E-state index contributed by atoms with van der Waals surface area (Å²) in [5.41, 5.74) is 1.60. The van der Waals surface area contributed by atoms with Crippen LogP contribution in [0.3, 0.4) is 0 Å². The highest BCUT2D eigenvalue weighted by Crippen LogP contribution is 2.13. The van der Waals surface area contributed by atoms with Crippen molar-refractivity contribution in [1.82, 2.24) is 20.4 Å². The molecule has 1 saturated heterocycles. The third-order valence-corrected chi connectivity index (χ3v) is 3.96. The highest BCUT2D eigenvalue weighted by molar-refractivity contribution is 6.04. The Morgan fingerprint density at radius 2 is 1.96 bits per heavy atom. The normalized spacial score (nSPS) is 17.3. The van der Waals surface area contributed by atoms with Crippen molar-refractivity contribution >= 4 is 17.8 Å². The molecule has 1 fully saturated rings. The Morgan fingerprint density at radius 3 is 2.54 bits per heavy atom. The fourth-order valence-corrected chi connectivity index (χ4v) is 2.70. The number of amides is 4. The van der Waals surface area contributed by atoms with Crippen molar-refractivity contribution in [1.29, 1.82) is 0 Å². The Kier molecular flexibility index (Phi) is 5.92. The summed E-state index contributed by atoms with van der Waals surface area (Å²) in [7, 11) is 3.44. The average molecular weight is 332 g/mol. The molecule has 0 unspecified atom stereocenters. The van der Waals surface area contributed by atoms with Gasteiger partial charge in [0.15, 0.2) is 0 Å². The van der Waals surface area contributed by atoms with Gasteiger partial charge in [0.2, 0.25) is 0 Å². The van der Waals surface area contributed by atoms with E-state index in [2.05, 4.69) is 10.6 Å². The van der Waals surface area contributed by atoms with Crippen LogP contribution in [0.15, 0.2) is 24.3 Å². The van der Waals surface area contributed by atoms with Crippen LogP contribution < -0.4 is 10.6 Å². The molecule has 0 bridgehead atoms. The molecule has 7 heteroatoms. The van der Waals surface area contributed by atoms with Gasteiger partial charge in [0.1, 0.15) is 6.04 Å². The molecule has 0 radical (unpaired) electrons. The molecule has 1 aliphatic rings. The van der Waals surface area contributed by atoms with E-state index in [4.69, 9.17) is 0 Å². The zero-order valence-corrected chi connectivity index (χ0v) is 14.3. The van der Waals surface area contributed by atoms with Gasteiger partial charge in [0.25, 0.3) is 11.8 Å². The van der Waals surface area contributed by atoms with E-state index >= 15 is 0 Å². The first-order valence-corrected chi connectivity index (χ1v) is 8.07. The molecule has 0 aliphatic carbocycles. The van der Waals surface area contributed by atoms with Gasteiger partial charge in [-0.1, -0.05) is 25.5 Å². The maximum atomic E-state index is 12.2. The average Bonchev–Trinajstić information content (AvgIpc) is 2.83. The van der Waals surface area contributed by atoms with E-state index in [0.29, 0.717) is 18.5 Å². The molecule has 1 aromatic rings. The van der Waals surface area contributed by atoms with Crippen molar-refractivity contribution in [2.75, 3.05) is 20.8 Å². The molecule has 2 rings (SSSR count). The Labute approximate surface area is 142 Å². The van der Waals surface area contributed by atoms with E-state index in [-0.39, 0.29) is 24.5 Å². The minimum atomic E-state index is -0.400. The highest BCUT2D eigenvalue weighted by atomic mass is 16.2. The largest absolute Gasteiger partial charge is 0.355 e. The fourth-order valence-electron chi connectivity index (χ4n) is 2.70. The van der Waals surface area contributed by atoms with Gasteiger partial charge in [0.05, 0.1) is 6.67 Å². The second-order valence-corrected chi connectivity index (χ2v) is 5.99. The zero-order chi connectivity index (χ0) is 17.7. The van der Waals surface area contributed by atoms with Crippen molar-refractivity contribution in [3.63, 3.8) is 0 Å². The van der Waals surface area contributed by atoms with Crippen molar-refractivity contribution in [2.45, 2.75) is 32.4 Å². The molecule has 1 atom stereocenters. The summed E-state index contributed by atoms with van der Waals surface area (Å²) in [6, 6.07) is 6.52. The lowest BCUT2D eigenvalue weighted by Gasteiger charge is -2.22. The van der Waals surface area contributed by atoms with Crippen LogP contribution in [0.1, 0.15) is 35.7 Å². The van der Waals surface area contributed by atoms with Crippen LogP contribution in [-0.2, 0) is 11.3 Å². The Balaban J connectivity index is 1.93. The number of nitrogens with one attached hydrogen (secondary N) is 2. The number of carbonyl (C=O) groups excluding carboxylic acids is 3. The standard InChI is InChI=1S/C17H24N4O3/c1-4-5-14-16(23)21(17(24)19-14)11-20(3)10-12-6-8-13(9-7-12)15(22)18-2/h6-9,14H,4-5,10-11H2,1-3H3,(H,18,22)(H,19,24)/t14-/m1/s1. The van der Waals surface area contributed by atoms with Crippen molar-refractivity contribution in [2.24, 2.45) is 0 Å². The minimum absolute atomic E-state index is 0.129.